The lowest BCUT2D eigenvalue weighted by molar-refractivity contribution is -0.210. The number of allylic oxidation sites excluding steroid dienone is 2. The van der Waals surface area contributed by atoms with Crippen LogP contribution in [0.25, 0.3) is 0 Å². The topological polar surface area (TPSA) is 108 Å². The molecule has 9 atom stereocenters. The van der Waals surface area contributed by atoms with Gasteiger partial charge in [0.2, 0.25) is 0 Å². The minimum absolute atomic E-state index is 0.0649. The Morgan fingerprint density at radius 1 is 0.894 bits per heavy atom. The molecule has 47 heavy (non-hydrogen) atoms. The van der Waals surface area contributed by atoms with E-state index in [1.54, 1.807) is 0 Å². The average Bonchev–Trinajstić information content (AvgIpc) is 3.01. The monoisotopic (exact) mass is 654 g/mol. The smallest absolute Gasteiger partial charge is 0.320 e. The van der Waals surface area contributed by atoms with E-state index in [0.717, 1.165) is 90.1 Å². The maximum absolute atomic E-state index is 14.7. The molecule has 0 heterocycles. The van der Waals surface area contributed by atoms with Gasteiger partial charge in [-0.25, -0.2) is 0 Å². The zero-order valence-electron chi connectivity index (χ0n) is 31.0. The van der Waals surface area contributed by atoms with Gasteiger partial charge in [-0.15, -0.1) is 0 Å². The van der Waals surface area contributed by atoms with Crippen LogP contribution in [0.1, 0.15) is 138 Å². The van der Waals surface area contributed by atoms with Crippen LogP contribution in [0.5, 0.6) is 0 Å². The predicted octanol–water partition coefficient (Wildman–Crippen LogP) is 7.55. The number of unbranched alkanes of at least 4 members (excludes halogenated alkanes) is 4. The molecule has 5 aliphatic rings. The Morgan fingerprint density at radius 3 is 2.28 bits per heavy atom. The second-order valence-corrected chi connectivity index (χ2v) is 18.3. The molecule has 0 aromatic rings. The first kappa shape index (κ1) is 36.5. The number of hydrogen-bond donors (Lipinski definition) is 2. The van der Waals surface area contributed by atoms with Crippen LogP contribution in [-0.2, 0) is 23.9 Å². The first-order valence-electron chi connectivity index (χ1n) is 19.0. The predicted molar refractivity (Wildman–Crippen MR) is 186 cm³/mol. The molecular weight excluding hydrogens is 588 g/mol. The Hall–Kier alpha value is -1.73. The lowest BCUT2D eigenvalue weighted by Gasteiger charge is -2.70. The van der Waals surface area contributed by atoms with Crippen molar-refractivity contribution in [1.82, 2.24) is 5.32 Å². The molecule has 5 rings (SSSR count). The van der Waals surface area contributed by atoms with Gasteiger partial charge < -0.3 is 20.5 Å². The highest BCUT2D eigenvalue weighted by Crippen LogP contribution is 2.75. The van der Waals surface area contributed by atoms with Crippen LogP contribution in [-0.4, -0.2) is 50.6 Å². The lowest BCUT2D eigenvalue weighted by atomic mass is 9.33. The van der Waals surface area contributed by atoms with Crippen LogP contribution in [0, 0.1) is 50.2 Å². The van der Waals surface area contributed by atoms with Gasteiger partial charge in [-0.3, -0.25) is 14.4 Å². The number of methoxy groups -OCH3 is 1. The van der Waals surface area contributed by atoms with Crippen LogP contribution in [0.15, 0.2) is 11.6 Å². The first-order chi connectivity index (χ1) is 22.0. The summed E-state index contributed by atoms with van der Waals surface area (Å²) in [5.41, 5.74) is 5.84. The van der Waals surface area contributed by atoms with Gasteiger partial charge in [0.25, 0.3) is 0 Å². The van der Waals surface area contributed by atoms with Gasteiger partial charge in [0.15, 0.2) is 5.78 Å². The number of carbonyl (C=O) groups excluding carboxylic acids is 3. The van der Waals surface area contributed by atoms with E-state index in [-0.39, 0.29) is 69.4 Å². The van der Waals surface area contributed by atoms with Gasteiger partial charge in [-0.2, -0.15) is 0 Å². The number of rotatable bonds is 11. The number of ketones is 1. The summed E-state index contributed by atoms with van der Waals surface area (Å²) >= 11 is 0. The Balaban J connectivity index is 1.32. The molecule has 0 spiro atoms. The third kappa shape index (κ3) is 6.06. The quantitative estimate of drug-likeness (QED) is 0.175. The number of hydrogen-bond acceptors (Lipinski definition) is 7. The van der Waals surface area contributed by atoms with Gasteiger partial charge in [0.1, 0.15) is 6.10 Å². The highest BCUT2D eigenvalue weighted by molar-refractivity contribution is 5.95. The SMILES string of the molecule is COC(=O)[C@@]1(C)CC[C@]2(C)CC[C@]3(C)C(=CC(=O)C4[C@@]5(C)CC[C@H](OC(=O)CNCCCCCCCN)C(C)(C)C5CC[C@]43C)[C@@H]2C1. The van der Waals surface area contributed by atoms with Crippen molar-refractivity contribution in [3.8, 4) is 0 Å². The van der Waals surface area contributed by atoms with Crippen molar-refractivity contribution in [1.29, 1.82) is 0 Å². The molecule has 3 N–H and O–H groups in total. The Labute approximate surface area is 285 Å². The van der Waals surface area contributed by atoms with Gasteiger partial charge in [0.05, 0.1) is 19.1 Å². The van der Waals surface area contributed by atoms with Gasteiger partial charge >= 0.3 is 11.9 Å². The molecule has 0 amide bonds. The zero-order chi connectivity index (χ0) is 34.5. The average molecular weight is 655 g/mol. The molecule has 2 unspecified atom stereocenters. The van der Waals surface area contributed by atoms with E-state index < -0.39 is 5.41 Å². The van der Waals surface area contributed by atoms with Crippen LogP contribution in [0.3, 0.4) is 0 Å². The molecular formula is C40H66N2O5. The van der Waals surface area contributed by atoms with Crippen LogP contribution < -0.4 is 11.1 Å². The molecule has 5 aliphatic carbocycles. The second kappa shape index (κ2) is 13.2. The minimum Gasteiger partial charge on any atom is -0.469 e. The van der Waals surface area contributed by atoms with Crippen molar-refractivity contribution in [2.24, 2.45) is 56.0 Å². The van der Waals surface area contributed by atoms with Crippen molar-refractivity contribution in [2.45, 2.75) is 144 Å². The van der Waals surface area contributed by atoms with E-state index in [2.05, 4.69) is 59.9 Å². The van der Waals surface area contributed by atoms with E-state index in [0.29, 0.717) is 5.78 Å². The minimum atomic E-state index is -0.512. The highest BCUT2D eigenvalue weighted by Gasteiger charge is 2.70. The lowest BCUT2D eigenvalue weighted by Crippen LogP contribution is -2.66. The molecule has 266 valence electrons. The summed E-state index contributed by atoms with van der Waals surface area (Å²) < 4.78 is 11.5. The summed E-state index contributed by atoms with van der Waals surface area (Å²) in [6.45, 7) is 18.1. The maximum atomic E-state index is 14.7. The summed E-state index contributed by atoms with van der Waals surface area (Å²) in [7, 11) is 1.50. The number of nitrogens with one attached hydrogen (secondary N) is 1. The molecule has 0 aromatic carbocycles. The Kier molecular flexibility index (Phi) is 10.3. The van der Waals surface area contributed by atoms with Crippen LogP contribution in [0.2, 0.25) is 0 Å². The number of carbonyl (C=O) groups is 3. The fourth-order valence-corrected chi connectivity index (χ4v) is 12.1. The van der Waals surface area contributed by atoms with Crippen LogP contribution >= 0.6 is 0 Å². The third-order valence-corrected chi connectivity index (χ3v) is 15.3. The maximum Gasteiger partial charge on any atom is 0.320 e. The van der Waals surface area contributed by atoms with Gasteiger partial charge in [0, 0.05) is 11.3 Å². The fraction of sp³-hybridized carbons (Fsp3) is 0.875. The summed E-state index contributed by atoms with van der Waals surface area (Å²) in [5.74, 6) is 0.444. The molecule has 4 saturated carbocycles. The van der Waals surface area contributed by atoms with E-state index in [9.17, 15) is 14.4 Å². The van der Waals surface area contributed by atoms with Crippen molar-refractivity contribution >= 4 is 17.7 Å². The van der Waals surface area contributed by atoms with Gasteiger partial charge in [-0.1, -0.05) is 66.4 Å². The zero-order valence-corrected chi connectivity index (χ0v) is 31.0. The molecule has 7 heteroatoms. The number of esters is 2. The number of fused-ring (bicyclic) bond motifs is 7. The first-order valence-corrected chi connectivity index (χ1v) is 19.0. The molecule has 0 bridgehead atoms. The van der Waals surface area contributed by atoms with Crippen molar-refractivity contribution in [2.75, 3.05) is 26.7 Å². The van der Waals surface area contributed by atoms with Crippen LogP contribution in [0.4, 0.5) is 0 Å². The third-order valence-electron chi connectivity index (χ3n) is 15.3. The van der Waals surface area contributed by atoms with E-state index >= 15 is 0 Å². The fourth-order valence-electron chi connectivity index (χ4n) is 12.1. The summed E-state index contributed by atoms with van der Waals surface area (Å²) in [6, 6.07) is 0. The van der Waals surface area contributed by atoms with Gasteiger partial charge in [-0.05, 0) is 130 Å². The summed E-state index contributed by atoms with van der Waals surface area (Å²) in [4.78, 5) is 40.7. The summed E-state index contributed by atoms with van der Waals surface area (Å²) in [6.07, 6.45) is 16.1. The van der Waals surface area contributed by atoms with Crippen molar-refractivity contribution in [3.05, 3.63) is 11.6 Å². The van der Waals surface area contributed by atoms with Crippen molar-refractivity contribution < 1.29 is 23.9 Å². The standard InChI is InChI=1S/C40H66N2O5/c1-35(2)30-14-17-40(7)33(38(30,5)16-15-31(35)47-32(44)26-42-23-13-11-9-10-12-22-41)29(43)24-27-28-25-37(4,34(45)46-8)19-18-36(28,3)20-21-39(27,40)6/h24,28,30-31,33,42H,9-23,25-26,41H2,1-8H3/t28-,30?,31-,33?,36+,37-,38-,39+,40+/m0/s1. The molecule has 4 fully saturated rings. The van der Waals surface area contributed by atoms with E-state index in [1.807, 2.05) is 0 Å². The second-order valence-electron chi connectivity index (χ2n) is 18.3. The number of nitrogens with two attached hydrogens (primary N) is 1. The molecule has 0 aliphatic heterocycles. The van der Waals surface area contributed by atoms with Crippen molar-refractivity contribution in [3.63, 3.8) is 0 Å². The Bertz CT molecular complexity index is 1240. The molecule has 0 saturated heterocycles. The molecule has 0 aromatic heterocycles. The molecule has 7 nitrogen and oxygen atoms in total. The highest BCUT2D eigenvalue weighted by atomic mass is 16.5. The normalized spacial score (nSPS) is 42.2. The summed E-state index contributed by atoms with van der Waals surface area (Å²) in [5, 5.41) is 3.30. The van der Waals surface area contributed by atoms with E-state index in [4.69, 9.17) is 15.2 Å². The largest absolute Gasteiger partial charge is 0.469 e. The Morgan fingerprint density at radius 2 is 1.57 bits per heavy atom. The number of ether oxygens (including phenoxy) is 2. The molecule has 0 radical (unpaired) electrons. The van der Waals surface area contributed by atoms with E-state index in [1.165, 1.54) is 25.5 Å².